The monoisotopic (exact) mass is 464 g/mol. The lowest BCUT2D eigenvalue weighted by Crippen LogP contribution is -2.43. The number of fused-ring (bicyclic) bond motifs is 2. The molecule has 2 aromatic rings. The number of rotatable bonds is 6. The average Bonchev–Trinajstić information content (AvgIpc) is 3.14. The molecule has 1 saturated heterocycles. The summed E-state index contributed by atoms with van der Waals surface area (Å²) in [6, 6.07) is 7.20. The SMILES string of the molecule is CN(CCN1CCCCC1)C(=O)C1CCC2(CC1)OC(=O)c1nc(Oc3cccnc3)ccc12. The molecule has 0 radical (unpaired) electrons. The van der Waals surface area contributed by atoms with Gasteiger partial charge >= 0.3 is 5.97 Å². The fourth-order valence-electron chi connectivity index (χ4n) is 5.43. The summed E-state index contributed by atoms with van der Waals surface area (Å²) in [4.78, 5) is 38.5. The Morgan fingerprint density at radius 3 is 2.74 bits per heavy atom. The predicted molar refractivity (Wildman–Crippen MR) is 126 cm³/mol. The summed E-state index contributed by atoms with van der Waals surface area (Å²) in [5.41, 5.74) is 0.431. The molecular formula is C26H32N4O4. The highest BCUT2D eigenvalue weighted by Crippen LogP contribution is 2.48. The molecule has 0 bridgehead atoms. The van der Waals surface area contributed by atoms with Crippen molar-refractivity contribution in [2.75, 3.05) is 33.2 Å². The first-order valence-corrected chi connectivity index (χ1v) is 12.3. The van der Waals surface area contributed by atoms with Crippen molar-refractivity contribution >= 4 is 11.9 Å². The molecule has 3 aliphatic rings. The highest BCUT2D eigenvalue weighted by Gasteiger charge is 2.49. The molecule has 180 valence electrons. The number of piperidine rings is 1. The largest absolute Gasteiger partial charge is 0.449 e. The molecule has 8 heteroatoms. The van der Waals surface area contributed by atoms with Gasteiger partial charge in [0.05, 0.1) is 6.20 Å². The van der Waals surface area contributed by atoms with E-state index in [0.29, 0.717) is 43.0 Å². The van der Waals surface area contributed by atoms with Crippen LogP contribution in [0.3, 0.4) is 0 Å². The fourth-order valence-corrected chi connectivity index (χ4v) is 5.43. The zero-order chi connectivity index (χ0) is 23.5. The second kappa shape index (κ2) is 9.70. The van der Waals surface area contributed by atoms with E-state index < -0.39 is 11.6 Å². The Hall–Kier alpha value is -3.00. The van der Waals surface area contributed by atoms with Crippen LogP contribution in [0.1, 0.15) is 61.0 Å². The second-order valence-corrected chi connectivity index (χ2v) is 9.66. The predicted octanol–water partition coefficient (Wildman–Crippen LogP) is 3.77. The number of nitrogens with zero attached hydrogens (tertiary/aromatic N) is 4. The van der Waals surface area contributed by atoms with Crippen molar-refractivity contribution in [2.24, 2.45) is 5.92 Å². The number of likely N-dealkylation sites (N-methyl/N-ethyl adjacent to an activating group) is 1. The number of hydrogen-bond donors (Lipinski definition) is 0. The van der Waals surface area contributed by atoms with Crippen molar-refractivity contribution in [3.05, 3.63) is 47.9 Å². The summed E-state index contributed by atoms with van der Waals surface area (Å²) < 4.78 is 11.6. The quantitative estimate of drug-likeness (QED) is 0.602. The standard InChI is InChI=1S/C26H32N4O4/c1-29(16-17-30-14-3-2-4-15-30)24(31)19-9-11-26(12-10-19)21-7-8-22(28-23(21)25(32)34-26)33-20-6-5-13-27-18-20/h5-8,13,18-19H,2-4,9-12,14-17H2,1H3. The molecule has 1 amide bonds. The van der Waals surface area contributed by atoms with E-state index in [1.54, 1.807) is 30.6 Å². The summed E-state index contributed by atoms with van der Waals surface area (Å²) >= 11 is 0. The van der Waals surface area contributed by atoms with Crippen LogP contribution in [0.2, 0.25) is 0 Å². The Labute approximate surface area is 200 Å². The zero-order valence-electron chi connectivity index (χ0n) is 19.7. The maximum Gasteiger partial charge on any atom is 0.358 e. The molecule has 0 N–H and O–H groups in total. The van der Waals surface area contributed by atoms with Gasteiger partial charge in [0.15, 0.2) is 5.69 Å². The maximum absolute atomic E-state index is 13.1. The average molecular weight is 465 g/mol. The van der Waals surface area contributed by atoms with Crippen LogP contribution in [0.5, 0.6) is 11.6 Å². The molecule has 34 heavy (non-hydrogen) atoms. The Morgan fingerprint density at radius 1 is 1.21 bits per heavy atom. The van der Waals surface area contributed by atoms with Gasteiger partial charge in [0.2, 0.25) is 11.8 Å². The Morgan fingerprint density at radius 2 is 2.00 bits per heavy atom. The highest BCUT2D eigenvalue weighted by atomic mass is 16.6. The van der Waals surface area contributed by atoms with Gasteiger partial charge in [-0.25, -0.2) is 9.78 Å². The van der Waals surface area contributed by atoms with Gasteiger partial charge in [-0.15, -0.1) is 0 Å². The van der Waals surface area contributed by atoms with Gasteiger partial charge in [-0.05, 0) is 69.8 Å². The van der Waals surface area contributed by atoms with Crippen LogP contribution < -0.4 is 4.74 Å². The van der Waals surface area contributed by atoms with Gasteiger partial charge in [-0.1, -0.05) is 6.42 Å². The van der Waals surface area contributed by atoms with Crippen LogP contribution in [0.4, 0.5) is 0 Å². The zero-order valence-corrected chi connectivity index (χ0v) is 19.7. The Balaban J connectivity index is 1.20. The summed E-state index contributed by atoms with van der Waals surface area (Å²) in [5, 5.41) is 0. The molecule has 4 heterocycles. The highest BCUT2D eigenvalue weighted by molar-refractivity contribution is 5.93. The lowest BCUT2D eigenvalue weighted by atomic mass is 9.75. The van der Waals surface area contributed by atoms with Crippen LogP contribution in [-0.4, -0.2) is 64.9 Å². The number of hydrogen-bond acceptors (Lipinski definition) is 7. The third-order valence-corrected chi connectivity index (χ3v) is 7.42. The van der Waals surface area contributed by atoms with E-state index in [1.165, 1.54) is 19.3 Å². The molecule has 0 aromatic carbocycles. The first-order chi connectivity index (χ1) is 16.5. The number of esters is 1. The molecule has 8 nitrogen and oxygen atoms in total. The minimum Gasteiger partial charge on any atom is -0.449 e. The van der Waals surface area contributed by atoms with Crippen LogP contribution in [0.15, 0.2) is 36.7 Å². The van der Waals surface area contributed by atoms with Gasteiger partial charge in [0.25, 0.3) is 0 Å². The van der Waals surface area contributed by atoms with E-state index >= 15 is 0 Å². The van der Waals surface area contributed by atoms with Crippen molar-refractivity contribution in [1.29, 1.82) is 0 Å². The van der Waals surface area contributed by atoms with Crippen molar-refractivity contribution in [3.8, 4) is 11.6 Å². The number of ether oxygens (including phenoxy) is 2. The molecule has 1 aliphatic carbocycles. The van der Waals surface area contributed by atoms with Crippen LogP contribution in [-0.2, 0) is 15.1 Å². The first-order valence-electron chi connectivity index (χ1n) is 12.3. The summed E-state index contributed by atoms with van der Waals surface area (Å²) in [5.74, 6) is 0.644. The van der Waals surface area contributed by atoms with Gasteiger partial charge in [-0.3, -0.25) is 9.78 Å². The van der Waals surface area contributed by atoms with Gasteiger partial charge < -0.3 is 19.3 Å². The van der Waals surface area contributed by atoms with E-state index in [-0.39, 0.29) is 11.8 Å². The first kappa shape index (κ1) is 22.8. The third kappa shape index (κ3) is 4.64. The maximum atomic E-state index is 13.1. The van der Waals surface area contributed by atoms with E-state index in [1.807, 2.05) is 18.0 Å². The molecule has 2 aromatic heterocycles. The molecular weight excluding hydrogens is 432 g/mol. The number of carbonyl (C=O) groups is 2. The molecule has 5 rings (SSSR count). The van der Waals surface area contributed by atoms with Crippen molar-refractivity contribution in [1.82, 2.24) is 19.8 Å². The lowest BCUT2D eigenvalue weighted by molar-refractivity contribution is -0.137. The van der Waals surface area contributed by atoms with Gasteiger partial charge in [0.1, 0.15) is 11.4 Å². The number of pyridine rings is 2. The van der Waals surface area contributed by atoms with E-state index in [9.17, 15) is 9.59 Å². The van der Waals surface area contributed by atoms with Gasteiger partial charge in [-0.2, -0.15) is 0 Å². The number of carbonyl (C=O) groups excluding carboxylic acids is 2. The third-order valence-electron chi connectivity index (χ3n) is 7.42. The normalized spacial score (nSPS) is 24.5. The summed E-state index contributed by atoms with van der Waals surface area (Å²) in [7, 11) is 1.91. The number of aromatic nitrogens is 2. The Bertz CT molecular complexity index is 1030. The van der Waals surface area contributed by atoms with Crippen molar-refractivity contribution < 1.29 is 19.1 Å². The van der Waals surface area contributed by atoms with Crippen LogP contribution >= 0.6 is 0 Å². The van der Waals surface area contributed by atoms with E-state index in [2.05, 4.69) is 14.9 Å². The minimum atomic E-state index is -0.685. The van der Waals surface area contributed by atoms with Crippen molar-refractivity contribution in [3.63, 3.8) is 0 Å². The van der Waals surface area contributed by atoms with Crippen LogP contribution in [0.25, 0.3) is 0 Å². The van der Waals surface area contributed by atoms with Crippen LogP contribution in [0, 0.1) is 5.92 Å². The minimum absolute atomic E-state index is 0.0270. The molecule has 1 saturated carbocycles. The molecule has 2 aliphatic heterocycles. The smallest absolute Gasteiger partial charge is 0.358 e. The van der Waals surface area contributed by atoms with Crippen molar-refractivity contribution in [2.45, 2.75) is 50.5 Å². The number of amides is 1. The summed E-state index contributed by atoms with van der Waals surface area (Å²) in [6.45, 7) is 3.99. The molecule has 0 atom stereocenters. The number of likely N-dealkylation sites (tertiary alicyclic amines) is 1. The lowest BCUT2D eigenvalue weighted by Gasteiger charge is -2.37. The molecule has 1 spiro atoms. The second-order valence-electron chi connectivity index (χ2n) is 9.66. The fraction of sp³-hybridized carbons (Fsp3) is 0.538. The van der Waals surface area contributed by atoms with Gasteiger partial charge in [0, 0.05) is 43.9 Å². The Kier molecular flexibility index (Phi) is 6.50. The summed E-state index contributed by atoms with van der Waals surface area (Å²) in [6.07, 6.45) is 9.76. The molecule has 0 unspecified atom stereocenters. The van der Waals surface area contributed by atoms with E-state index in [4.69, 9.17) is 9.47 Å². The van der Waals surface area contributed by atoms with E-state index in [0.717, 1.165) is 31.7 Å². The molecule has 2 fully saturated rings. The topological polar surface area (TPSA) is 84.9 Å².